The second-order valence-corrected chi connectivity index (χ2v) is 4.24. The van der Waals surface area contributed by atoms with Crippen LogP contribution in [0.3, 0.4) is 0 Å². The molecule has 17 heavy (non-hydrogen) atoms. The lowest BCUT2D eigenvalue weighted by molar-refractivity contribution is 0.0894. The smallest absolute Gasteiger partial charge is 0.251 e. The Kier molecular flexibility index (Phi) is 5.38. The molecule has 0 aliphatic heterocycles. The molecular formula is C12H17ClN2O2. The van der Waals surface area contributed by atoms with Crippen LogP contribution in [0.2, 0.25) is 5.15 Å². The number of carbonyl (C=O) groups excluding carboxylic acids is 1. The minimum Gasteiger partial charge on any atom is -0.383 e. The molecule has 0 aromatic carbocycles. The van der Waals surface area contributed by atoms with Gasteiger partial charge in [0, 0.05) is 18.4 Å². The summed E-state index contributed by atoms with van der Waals surface area (Å²) in [6, 6.07) is 3.28. The molecular weight excluding hydrogens is 240 g/mol. The molecule has 1 aromatic heterocycles. The van der Waals surface area contributed by atoms with E-state index in [0.717, 1.165) is 12.1 Å². The van der Waals surface area contributed by atoms with Crippen molar-refractivity contribution in [2.24, 2.45) is 0 Å². The Morgan fingerprint density at radius 2 is 2.29 bits per heavy atom. The molecule has 0 radical (unpaired) electrons. The van der Waals surface area contributed by atoms with Gasteiger partial charge in [0.2, 0.25) is 0 Å². The van der Waals surface area contributed by atoms with Crippen molar-refractivity contribution in [3.63, 3.8) is 0 Å². The lowest BCUT2D eigenvalue weighted by Gasteiger charge is -2.16. The number of aryl methyl sites for hydroxylation is 1. The van der Waals surface area contributed by atoms with Crippen LogP contribution in [0, 0.1) is 6.92 Å². The van der Waals surface area contributed by atoms with Gasteiger partial charge in [0.05, 0.1) is 12.6 Å². The average Bonchev–Trinajstić information content (AvgIpc) is 2.27. The average molecular weight is 257 g/mol. The quantitative estimate of drug-likeness (QED) is 0.822. The van der Waals surface area contributed by atoms with Gasteiger partial charge in [0.25, 0.3) is 5.91 Å². The van der Waals surface area contributed by atoms with E-state index < -0.39 is 0 Å². The van der Waals surface area contributed by atoms with Crippen molar-refractivity contribution < 1.29 is 9.53 Å². The van der Waals surface area contributed by atoms with Crippen LogP contribution in [0.15, 0.2) is 12.1 Å². The number of halogens is 1. The van der Waals surface area contributed by atoms with Crippen molar-refractivity contribution in [2.75, 3.05) is 13.7 Å². The van der Waals surface area contributed by atoms with Gasteiger partial charge in [-0.2, -0.15) is 0 Å². The molecule has 1 atom stereocenters. The molecule has 0 aliphatic rings. The highest BCUT2D eigenvalue weighted by molar-refractivity contribution is 6.29. The third kappa shape index (κ3) is 4.32. The highest BCUT2D eigenvalue weighted by Gasteiger charge is 2.13. The first-order valence-corrected chi connectivity index (χ1v) is 5.88. The summed E-state index contributed by atoms with van der Waals surface area (Å²) in [7, 11) is 1.61. The van der Waals surface area contributed by atoms with Crippen LogP contribution in [0.5, 0.6) is 0 Å². The fourth-order valence-electron chi connectivity index (χ4n) is 1.49. The number of aromatic nitrogens is 1. The molecule has 1 rings (SSSR count). The van der Waals surface area contributed by atoms with Gasteiger partial charge >= 0.3 is 0 Å². The van der Waals surface area contributed by atoms with E-state index >= 15 is 0 Å². The largest absolute Gasteiger partial charge is 0.383 e. The van der Waals surface area contributed by atoms with Crippen molar-refractivity contribution >= 4 is 17.5 Å². The predicted molar refractivity (Wildman–Crippen MR) is 67.4 cm³/mol. The molecule has 1 heterocycles. The maximum absolute atomic E-state index is 11.9. The Morgan fingerprint density at radius 1 is 1.59 bits per heavy atom. The Bertz CT molecular complexity index is 376. The fraction of sp³-hybridized carbons (Fsp3) is 0.500. The summed E-state index contributed by atoms with van der Waals surface area (Å²) >= 11 is 5.81. The molecule has 1 N–H and O–H groups in total. The second kappa shape index (κ2) is 6.57. The molecule has 0 saturated heterocycles. The summed E-state index contributed by atoms with van der Waals surface area (Å²) in [6.45, 7) is 4.30. The van der Waals surface area contributed by atoms with Crippen molar-refractivity contribution in [3.8, 4) is 0 Å². The standard InChI is InChI=1S/C12H17ClN2O2/c1-4-10(7-17-3)15-12(16)9-5-8(2)14-11(13)6-9/h5-6,10H,4,7H2,1-3H3,(H,15,16). The minimum absolute atomic E-state index is 0.0137. The maximum Gasteiger partial charge on any atom is 0.251 e. The minimum atomic E-state index is -0.152. The summed E-state index contributed by atoms with van der Waals surface area (Å²) < 4.78 is 5.03. The zero-order valence-corrected chi connectivity index (χ0v) is 11.0. The van der Waals surface area contributed by atoms with Gasteiger partial charge in [-0.25, -0.2) is 4.98 Å². The molecule has 1 amide bonds. The van der Waals surface area contributed by atoms with Crippen molar-refractivity contribution in [1.82, 2.24) is 10.3 Å². The number of rotatable bonds is 5. The second-order valence-electron chi connectivity index (χ2n) is 3.85. The van der Waals surface area contributed by atoms with Crippen LogP contribution in [0.4, 0.5) is 0 Å². The van der Waals surface area contributed by atoms with Crippen LogP contribution >= 0.6 is 11.6 Å². The molecule has 5 heteroatoms. The molecule has 1 aromatic rings. The van der Waals surface area contributed by atoms with Crippen LogP contribution in [-0.4, -0.2) is 30.6 Å². The van der Waals surface area contributed by atoms with Crippen LogP contribution in [0.25, 0.3) is 0 Å². The van der Waals surface area contributed by atoms with E-state index in [1.807, 2.05) is 6.92 Å². The lowest BCUT2D eigenvalue weighted by Crippen LogP contribution is -2.37. The molecule has 4 nitrogen and oxygen atoms in total. The predicted octanol–water partition coefficient (Wildman–Crippen LogP) is 2.20. The number of ether oxygens (including phenoxy) is 1. The normalized spacial score (nSPS) is 12.2. The SMILES string of the molecule is CCC(COC)NC(=O)c1cc(C)nc(Cl)c1. The van der Waals surface area contributed by atoms with Gasteiger partial charge < -0.3 is 10.1 Å². The number of hydrogen-bond donors (Lipinski definition) is 1. The zero-order chi connectivity index (χ0) is 12.8. The number of hydrogen-bond acceptors (Lipinski definition) is 3. The number of pyridine rings is 1. The third-order valence-corrected chi connectivity index (χ3v) is 2.57. The van der Waals surface area contributed by atoms with Gasteiger partial charge in [0.15, 0.2) is 0 Å². The van der Waals surface area contributed by atoms with Gasteiger partial charge in [-0.3, -0.25) is 4.79 Å². The van der Waals surface area contributed by atoms with Gasteiger partial charge in [-0.15, -0.1) is 0 Å². The number of amides is 1. The molecule has 94 valence electrons. The maximum atomic E-state index is 11.9. The highest BCUT2D eigenvalue weighted by atomic mass is 35.5. The Morgan fingerprint density at radius 3 is 2.82 bits per heavy atom. The number of carbonyl (C=O) groups is 1. The molecule has 1 unspecified atom stereocenters. The monoisotopic (exact) mass is 256 g/mol. The van der Waals surface area contributed by atoms with E-state index in [1.165, 1.54) is 0 Å². The molecule has 0 aliphatic carbocycles. The summed E-state index contributed by atoms with van der Waals surface area (Å²) in [5.74, 6) is -0.152. The summed E-state index contributed by atoms with van der Waals surface area (Å²) in [5.41, 5.74) is 1.25. The topological polar surface area (TPSA) is 51.2 Å². The highest BCUT2D eigenvalue weighted by Crippen LogP contribution is 2.10. The molecule has 0 fully saturated rings. The number of nitrogens with one attached hydrogen (secondary N) is 1. The van der Waals surface area contributed by atoms with Gasteiger partial charge in [-0.05, 0) is 25.5 Å². The van der Waals surface area contributed by atoms with E-state index in [1.54, 1.807) is 26.2 Å². The van der Waals surface area contributed by atoms with Crippen molar-refractivity contribution in [1.29, 1.82) is 0 Å². The fourth-order valence-corrected chi connectivity index (χ4v) is 1.74. The van der Waals surface area contributed by atoms with Crippen LogP contribution in [0.1, 0.15) is 29.4 Å². The summed E-state index contributed by atoms with van der Waals surface area (Å²) in [4.78, 5) is 16.0. The van der Waals surface area contributed by atoms with E-state index in [0.29, 0.717) is 17.3 Å². The summed E-state index contributed by atoms with van der Waals surface area (Å²) in [6.07, 6.45) is 0.817. The van der Waals surface area contributed by atoms with Crippen molar-refractivity contribution in [3.05, 3.63) is 28.5 Å². The Hall–Kier alpha value is -1.13. The van der Waals surface area contributed by atoms with Crippen LogP contribution < -0.4 is 5.32 Å². The lowest BCUT2D eigenvalue weighted by atomic mass is 10.2. The van der Waals surface area contributed by atoms with E-state index in [4.69, 9.17) is 16.3 Å². The molecule has 0 spiro atoms. The van der Waals surface area contributed by atoms with E-state index in [9.17, 15) is 4.79 Å². The first-order chi connectivity index (χ1) is 8.06. The summed E-state index contributed by atoms with van der Waals surface area (Å²) in [5, 5.41) is 3.22. The molecule has 0 saturated carbocycles. The van der Waals surface area contributed by atoms with Crippen molar-refractivity contribution in [2.45, 2.75) is 26.3 Å². The van der Waals surface area contributed by atoms with Crippen LogP contribution in [-0.2, 0) is 4.74 Å². The van der Waals surface area contributed by atoms with Gasteiger partial charge in [0.1, 0.15) is 5.15 Å². The Labute approximate surface area is 106 Å². The first kappa shape index (κ1) is 13.9. The molecule has 0 bridgehead atoms. The zero-order valence-electron chi connectivity index (χ0n) is 10.3. The van der Waals surface area contributed by atoms with Gasteiger partial charge in [-0.1, -0.05) is 18.5 Å². The number of methoxy groups -OCH3 is 1. The van der Waals surface area contributed by atoms with E-state index in [2.05, 4.69) is 10.3 Å². The number of nitrogens with zero attached hydrogens (tertiary/aromatic N) is 1. The first-order valence-electron chi connectivity index (χ1n) is 5.50. The Balaban J connectivity index is 2.75. The third-order valence-electron chi connectivity index (χ3n) is 2.38. The van der Waals surface area contributed by atoms with E-state index in [-0.39, 0.29) is 11.9 Å².